The molecule has 1 fully saturated rings. The van der Waals surface area contributed by atoms with E-state index in [0.29, 0.717) is 18.4 Å². The van der Waals surface area contributed by atoms with Crippen molar-refractivity contribution in [1.29, 1.82) is 0 Å². The van der Waals surface area contributed by atoms with Crippen molar-refractivity contribution >= 4 is 5.78 Å². The van der Waals surface area contributed by atoms with Crippen LogP contribution in [0, 0.1) is 5.92 Å². The van der Waals surface area contributed by atoms with E-state index in [1.807, 2.05) is 13.8 Å². The van der Waals surface area contributed by atoms with Crippen LogP contribution in [0.4, 0.5) is 0 Å². The summed E-state index contributed by atoms with van der Waals surface area (Å²) in [5.74, 6) is 0.846. The van der Waals surface area contributed by atoms with E-state index in [1.165, 1.54) is 19.3 Å². The molecule has 2 nitrogen and oxygen atoms in total. The Balaban J connectivity index is 2.38. The zero-order valence-corrected chi connectivity index (χ0v) is 9.58. The number of ether oxygens (including phenoxy) is 1. The second kappa shape index (κ2) is 5.50. The van der Waals surface area contributed by atoms with Gasteiger partial charge in [-0.15, -0.1) is 0 Å². The molecule has 0 heterocycles. The van der Waals surface area contributed by atoms with Crippen molar-refractivity contribution in [2.45, 2.75) is 65.1 Å². The summed E-state index contributed by atoms with van der Waals surface area (Å²) in [6.45, 7) is 6.01. The molecule has 1 rings (SSSR count). The highest BCUT2D eigenvalue weighted by molar-refractivity contribution is 5.82. The van der Waals surface area contributed by atoms with Gasteiger partial charge in [-0.25, -0.2) is 0 Å². The highest BCUT2D eigenvalue weighted by Crippen LogP contribution is 2.27. The Kier molecular flexibility index (Phi) is 4.59. The molecule has 3 unspecified atom stereocenters. The van der Waals surface area contributed by atoms with Crippen molar-refractivity contribution in [1.82, 2.24) is 0 Å². The number of rotatable bonds is 4. The van der Waals surface area contributed by atoms with E-state index in [1.54, 1.807) is 0 Å². The normalized spacial score (nSPS) is 29.9. The molecule has 1 aliphatic rings. The van der Waals surface area contributed by atoms with Gasteiger partial charge in [-0.3, -0.25) is 4.79 Å². The topological polar surface area (TPSA) is 26.3 Å². The summed E-state index contributed by atoms with van der Waals surface area (Å²) >= 11 is 0. The highest BCUT2D eigenvalue weighted by Gasteiger charge is 2.25. The summed E-state index contributed by atoms with van der Waals surface area (Å²) in [5, 5.41) is 0. The lowest BCUT2D eigenvalue weighted by Crippen LogP contribution is -2.32. The first kappa shape index (κ1) is 11.7. The van der Waals surface area contributed by atoms with E-state index in [-0.39, 0.29) is 11.9 Å². The van der Waals surface area contributed by atoms with Crippen molar-refractivity contribution in [3.63, 3.8) is 0 Å². The van der Waals surface area contributed by atoms with E-state index in [2.05, 4.69) is 6.92 Å². The van der Waals surface area contributed by atoms with E-state index in [0.717, 1.165) is 6.42 Å². The maximum atomic E-state index is 11.4. The Hall–Kier alpha value is -0.370. The lowest BCUT2D eigenvalue weighted by atomic mass is 9.88. The van der Waals surface area contributed by atoms with Crippen LogP contribution >= 0.6 is 0 Å². The van der Waals surface area contributed by atoms with Gasteiger partial charge in [-0.1, -0.05) is 26.7 Å². The Labute approximate surface area is 87.0 Å². The third kappa shape index (κ3) is 3.09. The van der Waals surface area contributed by atoms with E-state index >= 15 is 0 Å². The largest absolute Gasteiger partial charge is 0.367 e. The standard InChI is InChI=1S/C12H22O2/c1-4-11(13)10(3)14-12-8-6-5-7-9(12)2/h9-10,12H,4-8H2,1-3H3. The third-order valence-electron chi connectivity index (χ3n) is 3.21. The van der Waals surface area contributed by atoms with E-state index < -0.39 is 0 Å². The summed E-state index contributed by atoms with van der Waals surface area (Å²) in [5.41, 5.74) is 0. The minimum Gasteiger partial charge on any atom is -0.367 e. The molecule has 3 atom stereocenters. The molecule has 0 bridgehead atoms. The molecule has 0 aliphatic heterocycles. The molecular weight excluding hydrogens is 176 g/mol. The SMILES string of the molecule is CCC(=O)C(C)OC1CCCCC1C. The second-order valence-corrected chi connectivity index (χ2v) is 4.40. The smallest absolute Gasteiger partial charge is 0.161 e. The fourth-order valence-corrected chi connectivity index (χ4v) is 2.11. The van der Waals surface area contributed by atoms with Crippen molar-refractivity contribution in [2.24, 2.45) is 5.92 Å². The number of hydrogen-bond acceptors (Lipinski definition) is 2. The highest BCUT2D eigenvalue weighted by atomic mass is 16.5. The molecule has 0 saturated heterocycles. The van der Waals surface area contributed by atoms with Crippen molar-refractivity contribution in [3.05, 3.63) is 0 Å². The lowest BCUT2D eigenvalue weighted by molar-refractivity contribution is -0.136. The number of hydrogen-bond donors (Lipinski definition) is 0. The zero-order valence-electron chi connectivity index (χ0n) is 9.58. The molecular formula is C12H22O2. The van der Waals surface area contributed by atoms with Gasteiger partial charge in [0, 0.05) is 6.42 Å². The van der Waals surface area contributed by atoms with Gasteiger partial charge in [0.2, 0.25) is 0 Å². The third-order valence-corrected chi connectivity index (χ3v) is 3.21. The molecule has 1 saturated carbocycles. The van der Waals surface area contributed by atoms with Crippen LogP contribution in [0.5, 0.6) is 0 Å². The van der Waals surface area contributed by atoms with Crippen molar-refractivity contribution in [2.75, 3.05) is 0 Å². The minimum atomic E-state index is -0.203. The summed E-state index contributed by atoms with van der Waals surface area (Å²) in [4.78, 5) is 11.4. The minimum absolute atomic E-state index is 0.203. The Bertz CT molecular complexity index is 189. The lowest BCUT2D eigenvalue weighted by Gasteiger charge is -2.30. The first-order valence-corrected chi connectivity index (χ1v) is 5.83. The van der Waals surface area contributed by atoms with Crippen LogP contribution in [0.25, 0.3) is 0 Å². The summed E-state index contributed by atoms with van der Waals surface area (Å²) in [6, 6.07) is 0. The average Bonchev–Trinajstić information content (AvgIpc) is 2.20. The fraction of sp³-hybridized carbons (Fsp3) is 0.917. The van der Waals surface area contributed by atoms with E-state index in [9.17, 15) is 4.79 Å². The van der Waals surface area contributed by atoms with Gasteiger partial charge in [-0.05, 0) is 25.7 Å². The van der Waals surface area contributed by atoms with Crippen molar-refractivity contribution < 1.29 is 9.53 Å². The molecule has 1 aliphatic carbocycles. The molecule has 14 heavy (non-hydrogen) atoms. The fourth-order valence-electron chi connectivity index (χ4n) is 2.11. The van der Waals surface area contributed by atoms with Crippen LogP contribution in [-0.4, -0.2) is 18.0 Å². The monoisotopic (exact) mass is 198 g/mol. The predicted octanol–water partition coefficient (Wildman–Crippen LogP) is 2.95. The van der Waals surface area contributed by atoms with Crippen LogP contribution in [-0.2, 0) is 9.53 Å². The number of ketones is 1. The Morgan fingerprint density at radius 1 is 1.43 bits per heavy atom. The first-order valence-electron chi connectivity index (χ1n) is 5.83. The van der Waals surface area contributed by atoms with E-state index in [4.69, 9.17) is 4.74 Å². The molecule has 0 N–H and O–H groups in total. The number of carbonyl (C=O) groups is 1. The van der Waals surface area contributed by atoms with Crippen LogP contribution in [0.1, 0.15) is 52.9 Å². The zero-order chi connectivity index (χ0) is 10.6. The summed E-state index contributed by atoms with van der Waals surface area (Å²) in [6.07, 6.45) is 5.64. The van der Waals surface area contributed by atoms with Crippen LogP contribution in [0.3, 0.4) is 0 Å². The second-order valence-electron chi connectivity index (χ2n) is 4.40. The quantitative estimate of drug-likeness (QED) is 0.694. The Morgan fingerprint density at radius 2 is 2.07 bits per heavy atom. The molecule has 0 aromatic rings. The maximum Gasteiger partial charge on any atom is 0.161 e. The maximum absolute atomic E-state index is 11.4. The molecule has 0 radical (unpaired) electrons. The molecule has 82 valence electrons. The van der Waals surface area contributed by atoms with Gasteiger partial charge < -0.3 is 4.74 Å². The Morgan fingerprint density at radius 3 is 2.64 bits per heavy atom. The molecule has 0 spiro atoms. The summed E-state index contributed by atoms with van der Waals surface area (Å²) < 4.78 is 5.81. The molecule has 0 aromatic heterocycles. The van der Waals surface area contributed by atoms with Crippen LogP contribution in [0.2, 0.25) is 0 Å². The van der Waals surface area contributed by atoms with Gasteiger partial charge in [0.25, 0.3) is 0 Å². The number of carbonyl (C=O) groups excluding carboxylic acids is 1. The molecule has 0 amide bonds. The van der Waals surface area contributed by atoms with Gasteiger partial charge in [0.15, 0.2) is 5.78 Å². The van der Waals surface area contributed by atoms with Gasteiger partial charge in [0.1, 0.15) is 6.10 Å². The molecule has 2 heteroatoms. The van der Waals surface area contributed by atoms with Gasteiger partial charge >= 0.3 is 0 Å². The molecule has 0 aromatic carbocycles. The van der Waals surface area contributed by atoms with Crippen LogP contribution in [0.15, 0.2) is 0 Å². The summed E-state index contributed by atoms with van der Waals surface area (Å²) in [7, 11) is 0. The van der Waals surface area contributed by atoms with Gasteiger partial charge in [-0.2, -0.15) is 0 Å². The van der Waals surface area contributed by atoms with Crippen LogP contribution < -0.4 is 0 Å². The average molecular weight is 198 g/mol. The van der Waals surface area contributed by atoms with Gasteiger partial charge in [0.05, 0.1) is 6.10 Å². The number of Topliss-reactive ketones (excluding diaryl/α,β-unsaturated/α-hetero) is 1. The first-order chi connectivity index (χ1) is 6.65. The van der Waals surface area contributed by atoms with Crippen molar-refractivity contribution in [3.8, 4) is 0 Å². The predicted molar refractivity (Wildman–Crippen MR) is 57.3 cm³/mol.